The van der Waals surface area contributed by atoms with Gasteiger partial charge in [0.15, 0.2) is 0 Å². The van der Waals surface area contributed by atoms with Crippen LogP contribution in [0.5, 0.6) is 0 Å². The largest absolute Gasteiger partial charge is 0.351 e. The number of amides is 1. The molecule has 0 fully saturated rings. The van der Waals surface area contributed by atoms with Gasteiger partial charge in [-0.3, -0.25) is 14.9 Å². The number of rotatable bonds is 6. The van der Waals surface area contributed by atoms with Crippen LogP contribution in [0.4, 0.5) is 5.69 Å². The van der Waals surface area contributed by atoms with Gasteiger partial charge in [0.1, 0.15) is 5.56 Å². The molecule has 0 aliphatic heterocycles. The van der Waals surface area contributed by atoms with E-state index in [0.717, 1.165) is 12.3 Å². The van der Waals surface area contributed by atoms with Crippen LogP contribution in [0.25, 0.3) is 0 Å². The maximum absolute atomic E-state index is 11.8. The zero-order valence-electron chi connectivity index (χ0n) is 10.3. The minimum atomic E-state index is -3.47. The van der Waals surface area contributed by atoms with Crippen molar-refractivity contribution in [3.63, 3.8) is 0 Å². The van der Waals surface area contributed by atoms with Gasteiger partial charge in [0.2, 0.25) is 15.2 Å². The quantitative estimate of drug-likeness (QED) is 0.428. The number of nitrogens with one attached hydrogen (secondary N) is 2. The number of carbonyl (C=O) groups excluding carboxylic acids is 1. The summed E-state index contributed by atoms with van der Waals surface area (Å²) in [5.74, 6) is -1.14. The molecule has 0 saturated heterocycles. The van der Waals surface area contributed by atoms with E-state index in [4.69, 9.17) is 11.6 Å². The second-order valence-corrected chi connectivity index (χ2v) is 5.94. The van der Waals surface area contributed by atoms with Crippen LogP contribution in [0.15, 0.2) is 12.3 Å². The Morgan fingerprint density at radius 1 is 1.55 bits per heavy atom. The van der Waals surface area contributed by atoms with E-state index >= 15 is 0 Å². The fraction of sp³-hybridized carbons (Fsp3) is 0.333. The number of aromatic nitrogens is 1. The molecule has 0 unspecified atom stereocenters. The Balaban J connectivity index is 2.84. The topological polar surface area (TPSA) is 131 Å². The predicted molar refractivity (Wildman–Crippen MR) is 71.1 cm³/mol. The van der Waals surface area contributed by atoms with Gasteiger partial charge in [-0.05, 0) is 13.1 Å². The Bertz CT molecular complexity index is 633. The lowest BCUT2D eigenvalue weighted by Gasteiger charge is -2.06. The number of nitro groups is 1. The lowest BCUT2D eigenvalue weighted by molar-refractivity contribution is -0.385. The average molecular weight is 323 g/mol. The summed E-state index contributed by atoms with van der Waals surface area (Å²) in [6.45, 7) is -0.195. The lowest BCUT2D eigenvalue weighted by atomic mass is 10.2. The highest BCUT2D eigenvalue weighted by Crippen LogP contribution is 2.25. The van der Waals surface area contributed by atoms with Crippen molar-refractivity contribution in [1.29, 1.82) is 0 Å². The first-order valence-electron chi connectivity index (χ1n) is 5.27. The Kier molecular flexibility index (Phi) is 5.36. The summed E-state index contributed by atoms with van der Waals surface area (Å²) in [4.78, 5) is 25.3. The number of hydrogen-bond acceptors (Lipinski definition) is 6. The maximum atomic E-state index is 11.8. The number of nitrogens with zero attached hydrogens (tertiary/aromatic N) is 2. The van der Waals surface area contributed by atoms with Crippen LogP contribution in [0.1, 0.15) is 10.4 Å². The van der Waals surface area contributed by atoms with Crippen molar-refractivity contribution in [3.05, 3.63) is 33.1 Å². The lowest BCUT2D eigenvalue weighted by Crippen LogP contribution is -2.33. The molecule has 0 aromatic carbocycles. The third kappa shape index (κ3) is 4.11. The van der Waals surface area contributed by atoms with Gasteiger partial charge < -0.3 is 5.32 Å². The molecule has 0 saturated carbocycles. The number of sulfonamides is 1. The van der Waals surface area contributed by atoms with E-state index in [1.54, 1.807) is 0 Å². The molecule has 110 valence electrons. The van der Waals surface area contributed by atoms with Crippen molar-refractivity contribution >= 4 is 33.2 Å². The standard InChI is InChI=1S/C9H11ClN4O5S/c1-11-20(18,19)5-4-13-9(15)6-2-3-12-8(10)7(6)14(16)17/h2-3,11H,4-5H2,1H3,(H,13,15). The maximum Gasteiger partial charge on any atom is 0.319 e. The summed E-state index contributed by atoms with van der Waals surface area (Å²) in [6.07, 6.45) is 1.15. The molecule has 0 bridgehead atoms. The van der Waals surface area contributed by atoms with Crippen LogP contribution in [-0.4, -0.2) is 43.6 Å². The molecule has 1 aromatic heterocycles. The highest BCUT2D eigenvalue weighted by Gasteiger charge is 2.24. The van der Waals surface area contributed by atoms with E-state index in [1.165, 1.54) is 7.05 Å². The van der Waals surface area contributed by atoms with Gasteiger partial charge in [0, 0.05) is 12.7 Å². The molecule has 0 aliphatic carbocycles. The van der Waals surface area contributed by atoms with Gasteiger partial charge in [-0.25, -0.2) is 18.1 Å². The van der Waals surface area contributed by atoms with Crippen molar-refractivity contribution in [2.24, 2.45) is 0 Å². The Morgan fingerprint density at radius 3 is 2.75 bits per heavy atom. The zero-order chi connectivity index (χ0) is 15.3. The fourth-order valence-corrected chi connectivity index (χ4v) is 2.08. The molecule has 11 heteroatoms. The van der Waals surface area contributed by atoms with Gasteiger partial charge in [-0.1, -0.05) is 11.6 Å². The summed E-state index contributed by atoms with van der Waals surface area (Å²) < 4.78 is 24.4. The Morgan fingerprint density at radius 2 is 2.20 bits per heavy atom. The van der Waals surface area contributed by atoms with Crippen LogP contribution in [0, 0.1) is 10.1 Å². The summed E-state index contributed by atoms with van der Waals surface area (Å²) in [5.41, 5.74) is -0.903. The van der Waals surface area contributed by atoms with Crippen LogP contribution in [-0.2, 0) is 10.0 Å². The SMILES string of the molecule is CNS(=O)(=O)CCNC(=O)c1ccnc(Cl)c1[N+](=O)[O-]. The summed E-state index contributed by atoms with van der Waals surface area (Å²) in [7, 11) is -2.23. The molecule has 1 heterocycles. The number of halogens is 1. The molecular weight excluding hydrogens is 312 g/mol. The zero-order valence-corrected chi connectivity index (χ0v) is 11.9. The number of pyridine rings is 1. The highest BCUT2D eigenvalue weighted by atomic mass is 35.5. The summed E-state index contributed by atoms with van der Waals surface area (Å²) >= 11 is 5.56. The molecule has 9 nitrogen and oxygen atoms in total. The second kappa shape index (κ2) is 6.59. The predicted octanol–water partition coefficient (Wildman–Crippen LogP) is -0.0778. The van der Waals surface area contributed by atoms with E-state index in [2.05, 4.69) is 15.0 Å². The highest BCUT2D eigenvalue weighted by molar-refractivity contribution is 7.89. The molecule has 20 heavy (non-hydrogen) atoms. The monoisotopic (exact) mass is 322 g/mol. The molecule has 0 atom stereocenters. The Hall–Kier alpha value is -1.78. The third-order valence-electron chi connectivity index (χ3n) is 2.27. The first-order valence-corrected chi connectivity index (χ1v) is 7.30. The van der Waals surface area contributed by atoms with Crippen LogP contribution in [0.2, 0.25) is 5.15 Å². The molecule has 1 rings (SSSR count). The summed E-state index contributed by atoms with van der Waals surface area (Å²) in [6, 6.07) is 1.13. The molecule has 0 aliphatic rings. The molecule has 1 aromatic rings. The van der Waals surface area contributed by atoms with Gasteiger partial charge in [0.05, 0.1) is 10.7 Å². The van der Waals surface area contributed by atoms with Crippen LogP contribution >= 0.6 is 11.6 Å². The van der Waals surface area contributed by atoms with Gasteiger partial charge in [-0.2, -0.15) is 0 Å². The van der Waals surface area contributed by atoms with Crippen molar-refractivity contribution in [3.8, 4) is 0 Å². The van der Waals surface area contributed by atoms with Crippen molar-refractivity contribution in [2.75, 3.05) is 19.3 Å². The molecule has 1 amide bonds. The molecule has 2 N–H and O–H groups in total. The third-order valence-corrected chi connectivity index (χ3v) is 3.91. The first kappa shape index (κ1) is 16.3. The number of carbonyl (C=O) groups is 1. The van der Waals surface area contributed by atoms with Crippen LogP contribution < -0.4 is 10.0 Å². The van der Waals surface area contributed by atoms with E-state index in [9.17, 15) is 23.3 Å². The Labute approximate surface area is 119 Å². The van der Waals surface area contributed by atoms with E-state index < -0.39 is 31.7 Å². The van der Waals surface area contributed by atoms with Crippen molar-refractivity contribution in [1.82, 2.24) is 15.0 Å². The van der Waals surface area contributed by atoms with Crippen molar-refractivity contribution in [2.45, 2.75) is 0 Å². The van der Waals surface area contributed by atoms with E-state index in [0.29, 0.717) is 0 Å². The van der Waals surface area contributed by atoms with Crippen molar-refractivity contribution < 1.29 is 18.1 Å². The van der Waals surface area contributed by atoms with E-state index in [-0.39, 0.29) is 17.9 Å². The molecular formula is C9H11ClN4O5S. The van der Waals surface area contributed by atoms with Gasteiger partial charge in [0.25, 0.3) is 5.91 Å². The number of hydrogen-bond donors (Lipinski definition) is 2. The first-order chi connectivity index (χ1) is 9.28. The fourth-order valence-electron chi connectivity index (χ4n) is 1.28. The second-order valence-electron chi connectivity index (χ2n) is 3.53. The minimum absolute atomic E-state index is 0.195. The van der Waals surface area contributed by atoms with E-state index in [1.807, 2.05) is 0 Å². The average Bonchev–Trinajstić information content (AvgIpc) is 2.37. The van der Waals surface area contributed by atoms with Crippen LogP contribution in [0.3, 0.4) is 0 Å². The molecule has 0 radical (unpaired) electrons. The summed E-state index contributed by atoms with van der Waals surface area (Å²) in [5, 5.41) is 12.7. The van der Waals surface area contributed by atoms with Gasteiger partial charge >= 0.3 is 5.69 Å². The smallest absolute Gasteiger partial charge is 0.319 e. The molecule has 0 spiro atoms. The van der Waals surface area contributed by atoms with Gasteiger partial charge in [-0.15, -0.1) is 0 Å². The normalized spacial score (nSPS) is 11.1. The minimum Gasteiger partial charge on any atom is -0.351 e.